The summed E-state index contributed by atoms with van der Waals surface area (Å²) in [5.74, 6) is 0.728. The number of aryl methyl sites for hydroxylation is 2. The molecule has 0 bridgehead atoms. The van der Waals surface area contributed by atoms with Crippen LogP contribution in [0.25, 0.3) is 0 Å². The highest BCUT2D eigenvalue weighted by molar-refractivity contribution is 5.35. The van der Waals surface area contributed by atoms with E-state index in [0.717, 1.165) is 5.92 Å². The molecule has 2 nitrogen and oxygen atoms in total. The van der Waals surface area contributed by atoms with Gasteiger partial charge in [-0.05, 0) is 68.2 Å². The maximum Gasteiger partial charge on any atom is 0.0347 e. The van der Waals surface area contributed by atoms with E-state index in [1.165, 1.54) is 44.1 Å². The van der Waals surface area contributed by atoms with E-state index in [4.69, 9.17) is 5.73 Å². The largest absolute Gasteiger partial charge is 0.328 e. The Kier molecular flexibility index (Phi) is 3.40. The first-order chi connectivity index (χ1) is 8.78. The minimum absolute atomic E-state index is 0.434. The highest BCUT2D eigenvalue weighted by atomic mass is 14.9. The number of nitrogens with one attached hydrogen (secondary N) is 1. The van der Waals surface area contributed by atoms with E-state index in [2.05, 4.69) is 30.6 Å². The van der Waals surface area contributed by atoms with Gasteiger partial charge in [-0.1, -0.05) is 18.2 Å². The monoisotopic (exact) mass is 244 g/mol. The second-order valence-electron chi connectivity index (χ2n) is 5.99. The fourth-order valence-corrected chi connectivity index (χ4v) is 3.60. The van der Waals surface area contributed by atoms with Crippen molar-refractivity contribution >= 4 is 0 Å². The van der Waals surface area contributed by atoms with Gasteiger partial charge in [-0.15, -0.1) is 0 Å². The quantitative estimate of drug-likeness (QED) is 0.857. The van der Waals surface area contributed by atoms with Crippen molar-refractivity contribution in [3.05, 3.63) is 34.9 Å². The number of hydrogen-bond donors (Lipinski definition) is 2. The summed E-state index contributed by atoms with van der Waals surface area (Å²) in [6.07, 6.45) is 7.59. The van der Waals surface area contributed by atoms with Gasteiger partial charge in [0.2, 0.25) is 0 Å². The normalized spacial score (nSPS) is 28.3. The highest BCUT2D eigenvalue weighted by Crippen LogP contribution is 2.37. The molecule has 0 heterocycles. The molecule has 1 unspecified atom stereocenters. The van der Waals surface area contributed by atoms with Crippen LogP contribution in [0.5, 0.6) is 0 Å². The van der Waals surface area contributed by atoms with Crippen LogP contribution in [0.2, 0.25) is 0 Å². The van der Waals surface area contributed by atoms with E-state index in [0.29, 0.717) is 12.1 Å². The molecule has 1 aromatic rings. The van der Waals surface area contributed by atoms with E-state index in [-0.39, 0.29) is 0 Å². The minimum atomic E-state index is 0.434. The van der Waals surface area contributed by atoms with Crippen molar-refractivity contribution in [3.63, 3.8) is 0 Å². The lowest BCUT2D eigenvalue weighted by molar-refractivity contribution is 0.204. The van der Waals surface area contributed by atoms with Crippen LogP contribution in [0.4, 0.5) is 0 Å². The second-order valence-corrected chi connectivity index (χ2v) is 5.99. The number of hydrogen-bond acceptors (Lipinski definition) is 2. The molecule has 0 aliphatic heterocycles. The van der Waals surface area contributed by atoms with Gasteiger partial charge in [0.25, 0.3) is 0 Å². The van der Waals surface area contributed by atoms with E-state index in [1.807, 2.05) is 0 Å². The molecule has 2 aliphatic rings. The van der Waals surface area contributed by atoms with Crippen LogP contribution >= 0.6 is 0 Å². The summed E-state index contributed by atoms with van der Waals surface area (Å²) in [5.41, 5.74) is 10.6. The van der Waals surface area contributed by atoms with Crippen molar-refractivity contribution in [2.45, 2.75) is 50.6 Å². The molecular formula is C16H24N2. The van der Waals surface area contributed by atoms with Gasteiger partial charge in [0.1, 0.15) is 0 Å². The fraction of sp³-hybridized carbons (Fsp3) is 0.625. The number of fused-ring (bicyclic) bond motifs is 1. The molecule has 1 saturated carbocycles. The van der Waals surface area contributed by atoms with Crippen molar-refractivity contribution in [1.29, 1.82) is 0 Å². The third kappa shape index (κ3) is 2.19. The summed E-state index contributed by atoms with van der Waals surface area (Å²) in [4.78, 5) is 0. The summed E-state index contributed by atoms with van der Waals surface area (Å²) in [6, 6.07) is 8.06. The standard InChI is InChI=1S/C16H24N2/c1-18-16(14-9-15(17)10-14)13-7-6-11-4-2-3-5-12(11)8-13/h6-8,14-16,18H,2-5,9-10,17H2,1H3. The Morgan fingerprint density at radius 3 is 2.56 bits per heavy atom. The van der Waals surface area contributed by atoms with Crippen molar-refractivity contribution < 1.29 is 0 Å². The second kappa shape index (κ2) is 5.02. The van der Waals surface area contributed by atoms with Crippen LogP contribution in [-0.2, 0) is 12.8 Å². The maximum atomic E-state index is 5.92. The average Bonchev–Trinajstić information content (AvgIpc) is 2.37. The smallest absolute Gasteiger partial charge is 0.0347 e. The third-order valence-corrected chi connectivity index (χ3v) is 4.73. The minimum Gasteiger partial charge on any atom is -0.328 e. The molecule has 3 rings (SSSR count). The summed E-state index contributed by atoms with van der Waals surface area (Å²) < 4.78 is 0. The summed E-state index contributed by atoms with van der Waals surface area (Å²) in [6.45, 7) is 0. The van der Waals surface area contributed by atoms with E-state index in [1.54, 1.807) is 11.1 Å². The number of rotatable bonds is 3. The SMILES string of the molecule is CNC(c1ccc2c(c1)CCCC2)C1CC(N)C1. The van der Waals surface area contributed by atoms with E-state index in [9.17, 15) is 0 Å². The lowest BCUT2D eigenvalue weighted by atomic mass is 9.73. The maximum absolute atomic E-state index is 5.92. The van der Waals surface area contributed by atoms with E-state index < -0.39 is 0 Å². The molecule has 2 aliphatic carbocycles. The van der Waals surface area contributed by atoms with Gasteiger partial charge in [-0.3, -0.25) is 0 Å². The first-order valence-electron chi connectivity index (χ1n) is 7.32. The van der Waals surface area contributed by atoms with Crippen LogP contribution < -0.4 is 11.1 Å². The van der Waals surface area contributed by atoms with Gasteiger partial charge in [-0.2, -0.15) is 0 Å². The Morgan fingerprint density at radius 1 is 1.17 bits per heavy atom. The Hall–Kier alpha value is -0.860. The summed E-state index contributed by atoms with van der Waals surface area (Å²) >= 11 is 0. The molecule has 98 valence electrons. The van der Waals surface area contributed by atoms with Crippen molar-refractivity contribution in [1.82, 2.24) is 5.32 Å². The molecule has 1 aromatic carbocycles. The predicted octanol–water partition coefficient (Wildman–Crippen LogP) is 2.56. The van der Waals surface area contributed by atoms with Gasteiger partial charge in [-0.25, -0.2) is 0 Å². The van der Waals surface area contributed by atoms with Gasteiger partial charge in [0, 0.05) is 12.1 Å². The van der Waals surface area contributed by atoms with Crippen LogP contribution in [0.1, 0.15) is 48.4 Å². The Bertz CT molecular complexity index is 421. The zero-order chi connectivity index (χ0) is 12.5. The van der Waals surface area contributed by atoms with Gasteiger partial charge in [0.05, 0.1) is 0 Å². The topological polar surface area (TPSA) is 38.0 Å². The van der Waals surface area contributed by atoms with Gasteiger partial charge < -0.3 is 11.1 Å². The lowest BCUT2D eigenvalue weighted by Gasteiger charge is -2.39. The number of benzene rings is 1. The molecule has 0 radical (unpaired) electrons. The van der Waals surface area contributed by atoms with E-state index >= 15 is 0 Å². The molecule has 1 fully saturated rings. The van der Waals surface area contributed by atoms with Crippen LogP contribution in [0.3, 0.4) is 0 Å². The molecule has 2 heteroatoms. The van der Waals surface area contributed by atoms with Gasteiger partial charge >= 0.3 is 0 Å². The number of nitrogens with two attached hydrogens (primary N) is 1. The van der Waals surface area contributed by atoms with Crippen LogP contribution in [0.15, 0.2) is 18.2 Å². The molecule has 0 amide bonds. The van der Waals surface area contributed by atoms with Crippen molar-refractivity contribution in [2.24, 2.45) is 11.7 Å². The zero-order valence-corrected chi connectivity index (χ0v) is 11.3. The first-order valence-corrected chi connectivity index (χ1v) is 7.32. The molecule has 0 saturated heterocycles. The van der Waals surface area contributed by atoms with Gasteiger partial charge in [0.15, 0.2) is 0 Å². The molecule has 1 atom stereocenters. The molecular weight excluding hydrogens is 220 g/mol. The first kappa shape index (κ1) is 12.2. The van der Waals surface area contributed by atoms with Crippen molar-refractivity contribution in [3.8, 4) is 0 Å². The molecule has 3 N–H and O–H groups in total. The zero-order valence-electron chi connectivity index (χ0n) is 11.3. The molecule has 0 aromatic heterocycles. The summed E-state index contributed by atoms with van der Waals surface area (Å²) in [7, 11) is 2.08. The third-order valence-electron chi connectivity index (χ3n) is 4.73. The fourth-order valence-electron chi connectivity index (χ4n) is 3.60. The average molecular weight is 244 g/mol. The van der Waals surface area contributed by atoms with Crippen LogP contribution in [-0.4, -0.2) is 13.1 Å². The highest BCUT2D eigenvalue weighted by Gasteiger charge is 2.33. The van der Waals surface area contributed by atoms with Crippen molar-refractivity contribution in [2.75, 3.05) is 7.05 Å². The molecule has 0 spiro atoms. The lowest BCUT2D eigenvalue weighted by Crippen LogP contribution is -2.42. The predicted molar refractivity (Wildman–Crippen MR) is 75.6 cm³/mol. The Morgan fingerprint density at radius 2 is 1.89 bits per heavy atom. The molecule has 18 heavy (non-hydrogen) atoms. The Labute approximate surface area is 110 Å². The van der Waals surface area contributed by atoms with Crippen LogP contribution in [0, 0.1) is 5.92 Å². The summed E-state index contributed by atoms with van der Waals surface area (Å²) in [5, 5.41) is 3.49. The Balaban J connectivity index is 1.81.